The van der Waals surface area contributed by atoms with E-state index in [0.29, 0.717) is 6.54 Å². The molecule has 3 nitrogen and oxygen atoms in total. The summed E-state index contributed by atoms with van der Waals surface area (Å²) in [5.41, 5.74) is 2.58. The van der Waals surface area contributed by atoms with Gasteiger partial charge >= 0.3 is 0 Å². The maximum atomic E-state index is 12.5. The maximum absolute atomic E-state index is 12.5. The van der Waals surface area contributed by atoms with Crippen molar-refractivity contribution in [2.24, 2.45) is 0 Å². The molecule has 0 radical (unpaired) electrons. The summed E-state index contributed by atoms with van der Waals surface area (Å²) in [6.45, 7) is 1.51. The summed E-state index contributed by atoms with van der Waals surface area (Å²) in [5, 5.41) is 2.16. The molecule has 1 heterocycles. The molecule has 1 aliphatic rings. The van der Waals surface area contributed by atoms with Crippen molar-refractivity contribution >= 4 is 16.7 Å². The van der Waals surface area contributed by atoms with Crippen molar-refractivity contribution in [2.45, 2.75) is 13.0 Å². The molecule has 0 atom stereocenters. The van der Waals surface area contributed by atoms with Gasteiger partial charge in [-0.15, -0.1) is 0 Å². The molecule has 0 aliphatic carbocycles. The molecular formula is C21H19NO2. The fraction of sp³-hybridized carbons (Fsp3) is 0.190. The second-order valence-corrected chi connectivity index (χ2v) is 6.10. The van der Waals surface area contributed by atoms with Crippen LogP contribution >= 0.6 is 0 Å². The molecule has 0 spiro atoms. The molecule has 1 amide bonds. The van der Waals surface area contributed by atoms with Crippen LogP contribution in [0.2, 0.25) is 0 Å². The third kappa shape index (κ3) is 2.85. The topological polar surface area (TPSA) is 29.5 Å². The molecule has 24 heavy (non-hydrogen) atoms. The molecule has 0 fully saturated rings. The van der Waals surface area contributed by atoms with Crippen LogP contribution in [0, 0.1) is 0 Å². The van der Waals surface area contributed by atoms with Gasteiger partial charge in [-0.05, 0) is 29.0 Å². The van der Waals surface area contributed by atoms with Crippen molar-refractivity contribution in [1.82, 2.24) is 4.90 Å². The summed E-state index contributed by atoms with van der Waals surface area (Å²) in [7, 11) is 0. The molecule has 0 saturated carbocycles. The van der Waals surface area contributed by atoms with Crippen molar-refractivity contribution in [1.29, 1.82) is 0 Å². The summed E-state index contributed by atoms with van der Waals surface area (Å²) in [5.74, 6) is 0.802. The monoisotopic (exact) mass is 317 g/mol. The van der Waals surface area contributed by atoms with E-state index in [-0.39, 0.29) is 12.5 Å². The minimum Gasteiger partial charge on any atom is -0.483 e. The Morgan fingerprint density at radius 2 is 1.67 bits per heavy atom. The lowest BCUT2D eigenvalue weighted by molar-refractivity contribution is -0.134. The van der Waals surface area contributed by atoms with E-state index in [1.165, 1.54) is 11.1 Å². The van der Waals surface area contributed by atoms with Gasteiger partial charge in [-0.25, -0.2) is 0 Å². The number of nitrogens with zero attached hydrogens (tertiary/aromatic N) is 1. The predicted molar refractivity (Wildman–Crippen MR) is 95.0 cm³/mol. The maximum Gasteiger partial charge on any atom is 0.260 e. The lowest BCUT2D eigenvalue weighted by atomic mass is 10.00. The Bertz CT molecular complexity index is 882. The van der Waals surface area contributed by atoms with E-state index in [4.69, 9.17) is 4.74 Å². The number of hydrogen-bond donors (Lipinski definition) is 0. The molecule has 0 N–H and O–H groups in total. The Morgan fingerprint density at radius 3 is 2.58 bits per heavy atom. The molecule has 120 valence electrons. The Kier molecular flexibility index (Phi) is 3.91. The minimum absolute atomic E-state index is 0.0393. The van der Waals surface area contributed by atoms with Crippen molar-refractivity contribution in [3.05, 3.63) is 77.9 Å². The Morgan fingerprint density at radius 1 is 0.917 bits per heavy atom. The largest absolute Gasteiger partial charge is 0.483 e. The molecule has 0 bridgehead atoms. The molecule has 1 aliphatic heterocycles. The second-order valence-electron chi connectivity index (χ2n) is 6.10. The van der Waals surface area contributed by atoms with Crippen LogP contribution in [0.1, 0.15) is 11.1 Å². The fourth-order valence-electron chi connectivity index (χ4n) is 3.26. The number of hydrogen-bond acceptors (Lipinski definition) is 2. The van der Waals surface area contributed by atoms with Crippen LogP contribution in [-0.2, 0) is 17.8 Å². The average molecular weight is 317 g/mol. The first-order valence-electron chi connectivity index (χ1n) is 8.26. The summed E-state index contributed by atoms with van der Waals surface area (Å²) < 4.78 is 5.83. The zero-order valence-electron chi connectivity index (χ0n) is 13.4. The van der Waals surface area contributed by atoms with E-state index in [0.717, 1.165) is 29.5 Å². The quantitative estimate of drug-likeness (QED) is 0.735. The van der Waals surface area contributed by atoms with Crippen molar-refractivity contribution in [3.63, 3.8) is 0 Å². The Hall–Kier alpha value is -2.81. The van der Waals surface area contributed by atoms with Gasteiger partial charge in [0.15, 0.2) is 6.61 Å². The molecule has 3 heteroatoms. The van der Waals surface area contributed by atoms with Crippen LogP contribution in [-0.4, -0.2) is 24.0 Å². The number of carbonyl (C=O) groups is 1. The van der Waals surface area contributed by atoms with Crippen LogP contribution in [0.25, 0.3) is 10.8 Å². The van der Waals surface area contributed by atoms with Crippen LogP contribution < -0.4 is 4.74 Å². The minimum atomic E-state index is 0.0393. The van der Waals surface area contributed by atoms with Gasteiger partial charge in [0.25, 0.3) is 5.91 Å². The highest BCUT2D eigenvalue weighted by atomic mass is 16.5. The highest BCUT2D eigenvalue weighted by molar-refractivity contribution is 5.88. The van der Waals surface area contributed by atoms with E-state index in [1.54, 1.807) is 0 Å². The standard InChI is InChI=1S/C21H19NO2/c23-21(22-13-12-16-6-1-2-8-18(16)14-22)15-24-20-11-5-9-17-7-3-4-10-19(17)20/h1-11H,12-15H2. The van der Waals surface area contributed by atoms with Crippen molar-refractivity contribution in [3.8, 4) is 5.75 Å². The molecule has 0 unspecified atom stereocenters. The summed E-state index contributed by atoms with van der Waals surface area (Å²) >= 11 is 0. The average Bonchev–Trinajstić information content (AvgIpc) is 2.65. The van der Waals surface area contributed by atoms with Crippen LogP contribution in [0.3, 0.4) is 0 Å². The fourth-order valence-corrected chi connectivity index (χ4v) is 3.26. The number of benzene rings is 3. The Balaban J connectivity index is 1.45. The van der Waals surface area contributed by atoms with Gasteiger partial charge in [0.1, 0.15) is 5.75 Å². The molecule has 3 aromatic rings. The van der Waals surface area contributed by atoms with Gasteiger partial charge in [-0.3, -0.25) is 4.79 Å². The van der Waals surface area contributed by atoms with E-state index in [1.807, 2.05) is 53.4 Å². The number of ether oxygens (including phenoxy) is 1. The lowest BCUT2D eigenvalue weighted by Crippen LogP contribution is -2.38. The zero-order valence-corrected chi connectivity index (χ0v) is 13.4. The zero-order chi connectivity index (χ0) is 16.4. The van der Waals surface area contributed by atoms with E-state index >= 15 is 0 Å². The number of fused-ring (bicyclic) bond motifs is 2. The van der Waals surface area contributed by atoms with Gasteiger partial charge in [-0.2, -0.15) is 0 Å². The molecular weight excluding hydrogens is 298 g/mol. The van der Waals surface area contributed by atoms with Crippen LogP contribution in [0.15, 0.2) is 66.7 Å². The molecule has 4 rings (SSSR count). The number of rotatable bonds is 3. The van der Waals surface area contributed by atoms with Gasteiger partial charge in [0, 0.05) is 18.5 Å². The van der Waals surface area contributed by atoms with Crippen LogP contribution in [0.5, 0.6) is 5.75 Å². The van der Waals surface area contributed by atoms with Gasteiger partial charge < -0.3 is 9.64 Å². The second kappa shape index (κ2) is 6.36. The van der Waals surface area contributed by atoms with Crippen LogP contribution in [0.4, 0.5) is 0 Å². The SMILES string of the molecule is O=C(COc1cccc2ccccc12)N1CCc2ccccc2C1. The predicted octanol–water partition coefficient (Wildman–Crippen LogP) is 3.80. The normalized spacial score (nSPS) is 13.6. The number of carbonyl (C=O) groups excluding carboxylic acids is 1. The first-order valence-corrected chi connectivity index (χ1v) is 8.26. The van der Waals surface area contributed by atoms with Gasteiger partial charge in [0.05, 0.1) is 0 Å². The lowest BCUT2D eigenvalue weighted by Gasteiger charge is -2.28. The van der Waals surface area contributed by atoms with Crippen molar-refractivity contribution in [2.75, 3.05) is 13.2 Å². The third-order valence-corrected chi connectivity index (χ3v) is 4.58. The smallest absolute Gasteiger partial charge is 0.260 e. The van der Waals surface area contributed by atoms with E-state index in [2.05, 4.69) is 18.2 Å². The number of amides is 1. The van der Waals surface area contributed by atoms with E-state index in [9.17, 15) is 4.79 Å². The van der Waals surface area contributed by atoms with Gasteiger partial charge in [0.2, 0.25) is 0 Å². The first-order chi connectivity index (χ1) is 11.8. The summed E-state index contributed by atoms with van der Waals surface area (Å²) in [4.78, 5) is 14.4. The summed E-state index contributed by atoms with van der Waals surface area (Å²) in [6.07, 6.45) is 0.913. The highest BCUT2D eigenvalue weighted by Gasteiger charge is 2.20. The highest BCUT2D eigenvalue weighted by Crippen LogP contribution is 2.25. The van der Waals surface area contributed by atoms with Gasteiger partial charge in [-0.1, -0.05) is 60.7 Å². The molecule has 3 aromatic carbocycles. The molecule has 0 aromatic heterocycles. The molecule has 0 saturated heterocycles. The Labute approximate surface area is 141 Å². The van der Waals surface area contributed by atoms with Crippen molar-refractivity contribution < 1.29 is 9.53 Å². The van der Waals surface area contributed by atoms with E-state index < -0.39 is 0 Å². The first kappa shape index (κ1) is 14.8. The summed E-state index contributed by atoms with van der Waals surface area (Å²) in [6, 6.07) is 22.3. The third-order valence-electron chi connectivity index (χ3n) is 4.58.